The van der Waals surface area contributed by atoms with Gasteiger partial charge in [0.1, 0.15) is 0 Å². The second-order valence-electron chi connectivity index (χ2n) is 4.52. The van der Waals surface area contributed by atoms with Crippen molar-refractivity contribution in [2.75, 3.05) is 5.73 Å². The SMILES string of the molecule is C/C(=N/NC(=O)Cc1ccccc1)c1cccc(N)c1. The van der Waals surface area contributed by atoms with E-state index in [0.717, 1.165) is 16.8 Å². The third kappa shape index (κ3) is 3.95. The van der Waals surface area contributed by atoms with E-state index in [1.165, 1.54) is 0 Å². The Morgan fingerprint density at radius 3 is 2.60 bits per heavy atom. The van der Waals surface area contributed by atoms with Crippen LogP contribution in [0.25, 0.3) is 0 Å². The normalized spacial score (nSPS) is 11.2. The molecule has 0 aromatic heterocycles. The van der Waals surface area contributed by atoms with Gasteiger partial charge in [0.2, 0.25) is 5.91 Å². The molecule has 0 radical (unpaired) electrons. The minimum atomic E-state index is -0.139. The predicted molar refractivity (Wildman–Crippen MR) is 81.4 cm³/mol. The number of amides is 1. The molecule has 0 spiro atoms. The molecule has 2 rings (SSSR count). The van der Waals surface area contributed by atoms with E-state index in [1.54, 1.807) is 0 Å². The number of anilines is 1. The summed E-state index contributed by atoms with van der Waals surface area (Å²) in [5, 5.41) is 4.09. The molecule has 20 heavy (non-hydrogen) atoms. The van der Waals surface area contributed by atoms with Crippen LogP contribution in [0.4, 0.5) is 5.69 Å². The molecule has 0 aliphatic heterocycles. The van der Waals surface area contributed by atoms with E-state index in [-0.39, 0.29) is 5.91 Å². The second kappa shape index (κ2) is 6.52. The van der Waals surface area contributed by atoms with Crippen LogP contribution in [0.1, 0.15) is 18.1 Å². The molecule has 0 saturated carbocycles. The fourth-order valence-corrected chi connectivity index (χ4v) is 1.80. The van der Waals surface area contributed by atoms with Crippen molar-refractivity contribution in [3.63, 3.8) is 0 Å². The Labute approximate surface area is 118 Å². The lowest BCUT2D eigenvalue weighted by atomic mass is 10.1. The summed E-state index contributed by atoms with van der Waals surface area (Å²) in [4.78, 5) is 11.8. The summed E-state index contributed by atoms with van der Waals surface area (Å²) in [6.45, 7) is 1.83. The number of hydrogen-bond donors (Lipinski definition) is 2. The third-order valence-electron chi connectivity index (χ3n) is 2.86. The topological polar surface area (TPSA) is 67.5 Å². The zero-order chi connectivity index (χ0) is 14.4. The molecule has 0 aliphatic rings. The van der Waals surface area contributed by atoms with Gasteiger partial charge in [0.15, 0.2) is 0 Å². The smallest absolute Gasteiger partial charge is 0.244 e. The molecule has 2 aromatic rings. The van der Waals surface area contributed by atoms with Crippen molar-refractivity contribution in [3.05, 3.63) is 65.7 Å². The molecule has 0 fully saturated rings. The second-order valence-corrected chi connectivity index (χ2v) is 4.52. The zero-order valence-electron chi connectivity index (χ0n) is 11.3. The highest BCUT2D eigenvalue weighted by Gasteiger charge is 2.03. The van der Waals surface area contributed by atoms with Crippen molar-refractivity contribution < 1.29 is 4.79 Å². The van der Waals surface area contributed by atoms with Crippen LogP contribution in [0.3, 0.4) is 0 Å². The molecule has 3 N–H and O–H groups in total. The number of hydrogen-bond acceptors (Lipinski definition) is 3. The summed E-state index contributed by atoms with van der Waals surface area (Å²) in [6.07, 6.45) is 0.314. The van der Waals surface area contributed by atoms with Crippen molar-refractivity contribution in [2.24, 2.45) is 5.10 Å². The molecule has 0 heterocycles. The number of rotatable bonds is 4. The molecule has 0 bridgehead atoms. The fourth-order valence-electron chi connectivity index (χ4n) is 1.80. The molecule has 102 valence electrons. The summed E-state index contributed by atoms with van der Waals surface area (Å²) in [7, 11) is 0. The number of carbonyl (C=O) groups excluding carboxylic acids is 1. The van der Waals surface area contributed by atoms with Gasteiger partial charge in [0, 0.05) is 5.69 Å². The Kier molecular flexibility index (Phi) is 4.50. The van der Waals surface area contributed by atoms with Crippen LogP contribution in [-0.2, 0) is 11.2 Å². The molecule has 1 amide bonds. The van der Waals surface area contributed by atoms with Gasteiger partial charge in [-0.15, -0.1) is 0 Å². The Morgan fingerprint density at radius 2 is 1.90 bits per heavy atom. The predicted octanol–water partition coefficient (Wildman–Crippen LogP) is 2.35. The van der Waals surface area contributed by atoms with Crippen molar-refractivity contribution in [2.45, 2.75) is 13.3 Å². The number of carbonyl (C=O) groups is 1. The molecule has 0 unspecified atom stereocenters. The molecule has 2 aromatic carbocycles. The maximum atomic E-state index is 11.8. The number of nitrogens with two attached hydrogens (primary N) is 1. The number of benzene rings is 2. The Morgan fingerprint density at radius 1 is 1.15 bits per heavy atom. The van der Waals surface area contributed by atoms with Gasteiger partial charge < -0.3 is 5.73 Å². The largest absolute Gasteiger partial charge is 0.399 e. The third-order valence-corrected chi connectivity index (χ3v) is 2.86. The lowest BCUT2D eigenvalue weighted by molar-refractivity contribution is -0.120. The van der Waals surface area contributed by atoms with E-state index < -0.39 is 0 Å². The summed E-state index contributed by atoms with van der Waals surface area (Å²) in [5.41, 5.74) is 11.5. The maximum Gasteiger partial charge on any atom is 0.244 e. The summed E-state index contributed by atoms with van der Waals surface area (Å²) in [5.74, 6) is -0.139. The van der Waals surface area contributed by atoms with Gasteiger partial charge in [0.05, 0.1) is 12.1 Å². The first kappa shape index (κ1) is 13.8. The van der Waals surface area contributed by atoms with Gasteiger partial charge in [-0.25, -0.2) is 5.43 Å². The van der Waals surface area contributed by atoms with Crippen LogP contribution in [0.5, 0.6) is 0 Å². The zero-order valence-corrected chi connectivity index (χ0v) is 11.3. The average Bonchev–Trinajstić information content (AvgIpc) is 2.46. The quantitative estimate of drug-likeness (QED) is 0.507. The van der Waals surface area contributed by atoms with E-state index >= 15 is 0 Å². The first-order chi connectivity index (χ1) is 9.65. The van der Waals surface area contributed by atoms with Gasteiger partial charge in [-0.2, -0.15) is 5.10 Å². The summed E-state index contributed by atoms with van der Waals surface area (Å²) < 4.78 is 0. The molecule has 4 nitrogen and oxygen atoms in total. The highest BCUT2D eigenvalue weighted by Crippen LogP contribution is 2.07. The van der Waals surface area contributed by atoms with E-state index in [4.69, 9.17) is 5.73 Å². The number of nitrogens with zero attached hydrogens (tertiary/aromatic N) is 1. The minimum Gasteiger partial charge on any atom is -0.399 e. The van der Waals surface area contributed by atoms with Crippen molar-refractivity contribution in [1.29, 1.82) is 0 Å². The van der Waals surface area contributed by atoms with E-state index in [0.29, 0.717) is 12.1 Å². The molecule has 0 aliphatic carbocycles. The molecular weight excluding hydrogens is 250 g/mol. The fraction of sp³-hybridized carbons (Fsp3) is 0.125. The average molecular weight is 267 g/mol. The lowest BCUT2D eigenvalue weighted by Crippen LogP contribution is -2.21. The van der Waals surface area contributed by atoms with Gasteiger partial charge >= 0.3 is 0 Å². The minimum absolute atomic E-state index is 0.139. The van der Waals surface area contributed by atoms with E-state index in [9.17, 15) is 4.79 Å². The Balaban J connectivity index is 1.97. The summed E-state index contributed by atoms with van der Waals surface area (Å²) >= 11 is 0. The Hall–Kier alpha value is -2.62. The van der Waals surface area contributed by atoms with Gasteiger partial charge in [-0.3, -0.25) is 4.79 Å². The number of hydrazone groups is 1. The van der Waals surface area contributed by atoms with Crippen LogP contribution < -0.4 is 11.2 Å². The van der Waals surface area contributed by atoms with Crippen LogP contribution in [0, 0.1) is 0 Å². The number of nitrogens with one attached hydrogen (secondary N) is 1. The summed E-state index contributed by atoms with van der Waals surface area (Å²) in [6, 6.07) is 16.9. The van der Waals surface area contributed by atoms with Crippen molar-refractivity contribution in [1.82, 2.24) is 5.43 Å². The molecular formula is C16H17N3O. The highest BCUT2D eigenvalue weighted by molar-refractivity contribution is 5.99. The van der Waals surface area contributed by atoms with Crippen LogP contribution in [0.2, 0.25) is 0 Å². The lowest BCUT2D eigenvalue weighted by Gasteiger charge is -2.04. The van der Waals surface area contributed by atoms with Crippen LogP contribution >= 0.6 is 0 Å². The van der Waals surface area contributed by atoms with Gasteiger partial charge in [-0.1, -0.05) is 42.5 Å². The molecule has 0 saturated heterocycles. The monoisotopic (exact) mass is 267 g/mol. The highest BCUT2D eigenvalue weighted by atomic mass is 16.2. The molecule has 0 atom stereocenters. The van der Waals surface area contributed by atoms with Gasteiger partial charge in [-0.05, 0) is 30.2 Å². The van der Waals surface area contributed by atoms with Crippen molar-refractivity contribution in [3.8, 4) is 0 Å². The maximum absolute atomic E-state index is 11.8. The van der Waals surface area contributed by atoms with E-state index in [2.05, 4.69) is 10.5 Å². The van der Waals surface area contributed by atoms with Crippen molar-refractivity contribution >= 4 is 17.3 Å². The molecule has 4 heteroatoms. The first-order valence-electron chi connectivity index (χ1n) is 6.38. The Bertz CT molecular complexity index is 621. The first-order valence-corrected chi connectivity index (χ1v) is 6.38. The van der Waals surface area contributed by atoms with Crippen LogP contribution in [-0.4, -0.2) is 11.6 Å². The van der Waals surface area contributed by atoms with Crippen LogP contribution in [0.15, 0.2) is 59.7 Å². The number of nitrogen functional groups attached to an aromatic ring is 1. The standard InChI is InChI=1S/C16H17N3O/c1-12(14-8-5-9-15(17)11-14)18-19-16(20)10-13-6-3-2-4-7-13/h2-9,11H,10,17H2,1H3,(H,19,20)/b18-12-. The van der Waals surface area contributed by atoms with Gasteiger partial charge in [0.25, 0.3) is 0 Å². The van der Waals surface area contributed by atoms with E-state index in [1.807, 2.05) is 61.5 Å².